The summed E-state index contributed by atoms with van der Waals surface area (Å²) in [4.78, 5) is 0. The number of terminal acetylenes is 1. The van der Waals surface area contributed by atoms with Crippen LogP contribution in [0.25, 0.3) is 6.08 Å². The summed E-state index contributed by atoms with van der Waals surface area (Å²) in [5.41, 5.74) is 2.23. The van der Waals surface area contributed by atoms with Crippen LogP contribution in [0, 0.1) is 19.3 Å². The van der Waals surface area contributed by atoms with Crippen LogP contribution in [0.2, 0.25) is 0 Å². The van der Waals surface area contributed by atoms with E-state index >= 15 is 0 Å². The van der Waals surface area contributed by atoms with Gasteiger partial charge in [0.2, 0.25) is 0 Å². The van der Waals surface area contributed by atoms with E-state index in [1.807, 2.05) is 25.1 Å². The molecule has 0 aliphatic carbocycles. The highest BCUT2D eigenvalue weighted by molar-refractivity contribution is 5.55. The Morgan fingerprint density at radius 2 is 2.15 bits per heavy atom. The predicted molar refractivity (Wildman–Crippen MR) is 55.6 cm³/mol. The lowest BCUT2D eigenvalue weighted by atomic mass is 10.1. The number of rotatable bonds is 2. The minimum absolute atomic E-state index is 0.858. The van der Waals surface area contributed by atoms with E-state index in [2.05, 4.69) is 12.0 Å². The number of hydrogen-bond donors (Lipinski definition) is 0. The summed E-state index contributed by atoms with van der Waals surface area (Å²) in [5.74, 6) is 3.31. The fourth-order valence-electron chi connectivity index (χ4n) is 1.13. The number of ether oxygens (including phenoxy) is 1. The van der Waals surface area contributed by atoms with Gasteiger partial charge in [0.25, 0.3) is 0 Å². The molecule has 1 heteroatoms. The van der Waals surface area contributed by atoms with Crippen molar-refractivity contribution in [2.45, 2.75) is 6.92 Å². The Kier molecular flexibility index (Phi) is 3.16. The summed E-state index contributed by atoms with van der Waals surface area (Å²) in [7, 11) is 1.66. The molecule has 1 aromatic rings. The number of allylic oxidation sites excluding steroid dienone is 1. The second-order valence-corrected chi connectivity index (χ2v) is 2.78. The Bertz CT molecular complexity index is 356. The van der Waals surface area contributed by atoms with Gasteiger partial charge in [-0.3, -0.25) is 0 Å². The van der Waals surface area contributed by atoms with Crippen molar-refractivity contribution in [1.29, 1.82) is 0 Å². The Morgan fingerprint density at radius 3 is 2.77 bits per heavy atom. The predicted octanol–water partition coefficient (Wildman–Crippen LogP) is 2.65. The van der Waals surface area contributed by atoms with Crippen LogP contribution in [0.3, 0.4) is 0 Å². The smallest absolute Gasteiger partial charge is 0.119 e. The summed E-state index contributed by atoms with van der Waals surface area (Å²) in [5, 5.41) is 0. The van der Waals surface area contributed by atoms with Crippen LogP contribution >= 0.6 is 0 Å². The van der Waals surface area contributed by atoms with Gasteiger partial charge in [0.15, 0.2) is 0 Å². The van der Waals surface area contributed by atoms with Gasteiger partial charge < -0.3 is 4.74 Å². The quantitative estimate of drug-likeness (QED) is 0.623. The zero-order valence-corrected chi connectivity index (χ0v) is 7.87. The highest BCUT2D eigenvalue weighted by atomic mass is 16.5. The van der Waals surface area contributed by atoms with E-state index in [9.17, 15) is 0 Å². The molecular weight excluding hydrogens is 160 g/mol. The molecule has 13 heavy (non-hydrogen) atoms. The maximum absolute atomic E-state index is 5.13. The van der Waals surface area contributed by atoms with Gasteiger partial charge in [-0.1, -0.05) is 12.0 Å². The number of benzene rings is 1. The normalized spacial score (nSPS) is 9.92. The minimum atomic E-state index is 0.858. The first kappa shape index (κ1) is 9.41. The minimum Gasteiger partial charge on any atom is -0.497 e. The molecule has 1 rings (SSSR count). The molecule has 0 bridgehead atoms. The molecule has 0 unspecified atom stereocenters. The molecule has 0 amide bonds. The lowest BCUT2D eigenvalue weighted by Gasteiger charge is -2.02. The summed E-state index contributed by atoms with van der Waals surface area (Å²) in [6.45, 7) is 2.02. The van der Waals surface area contributed by atoms with Gasteiger partial charge in [0.05, 0.1) is 7.11 Å². The maximum Gasteiger partial charge on any atom is 0.119 e. The maximum atomic E-state index is 5.13. The topological polar surface area (TPSA) is 9.23 Å². The van der Waals surface area contributed by atoms with Gasteiger partial charge in [0.1, 0.15) is 5.75 Å². The Balaban J connectivity index is 3.03. The van der Waals surface area contributed by atoms with Gasteiger partial charge in [-0.25, -0.2) is 0 Å². The fourth-order valence-corrected chi connectivity index (χ4v) is 1.13. The van der Waals surface area contributed by atoms with Crippen LogP contribution in [0.15, 0.2) is 24.3 Å². The third kappa shape index (κ3) is 2.68. The second-order valence-electron chi connectivity index (χ2n) is 2.78. The summed E-state index contributed by atoms with van der Waals surface area (Å²) >= 11 is 0. The first-order valence-electron chi connectivity index (χ1n) is 4.04. The highest BCUT2D eigenvalue weighted by Crippen LogP contribution is 2.17. The van der Waals surface area contributed by atoms with Gasteiger partial charge in [0, 0.05) is 0 Å². The molecule has 1 nitrogen and oxygen atoms in total. The zero-order chi connectivity index (χ0) is 9.68. The molecule has 0 aromatic heterocycles. The molecule has 0 saturated carbocycles. The van der Waals surface area contributed by atoms with Crippen molar-refractivity contribution in [3.05, 3.63) is 35.4 Å². The molecule has 0 atom stereocenters. The van der Waals surface area contributed by atoms with E-state index in [1.165, 1.54) is 0 Å². The third-order valence-corrected chi connectivity index (χ3v) is 1.68. The average molecular weight is 172 g/mol. The van der Waals surface area contributed by atoms with Crippen LogP contribution in [0.4, 0.5) is 0 Å². The van der Waals surface area contributed by atoms with Crippen LogP contribution in [-0.2, 0) is 0 Å². The summed E-state index contributed by atoms with van der Waals surface area (Å²) in [6, 6.07) is 5.98. The molecule has 66 valence electrons. The summed E-state index contributed by atoms with van der Waals surface area (Å²) in [6.07, 6.45) is 8.68. The average Bonchev–Trinajstić information content (AvgIpc) is 2.14. The van der Waals surface area contributed by atoms with Crippen molar-refractivity contribution in [3.63, 3.8) is 0 Å². The molecule has 0 radical (unpaired) electrons. The van der Waals surface area contributed by atoms with E-state index in [-0.39, 0.29) is 0 Å². The molecule has 0 saturated heterocycles. The number of hydrogen-bond acceptors (Lipinski definition) is 1. The van der Waals surface area contributed by atoms with Crippen molar-refractivity contribution < 1.29 is 4.74 Å². The van der Waals surface area contributed by atoms with Crippen molar-refractivity contribution in [3.8, 4) is 18.1 Å². The van der Waals surface area contributed by atoms with E-state index in [1.54, 1.807) is 13.2 Å². The zero-order valence-electron chi connectivity index (χ0n) is 7.87. The van der Waals surface area contributed by atoms with Crippen molar-refractivity contribution in [2.24, 2.45) is 0 Å². The number of methoxy groups -OCH3 is 1. The SMILES string of the molecule is C#C/C=C/c1cc(C)cc(OC)c1. The van der Waals surface area contributed by atoms with Crippen LogP contribution in [0.5, 0.6) is 5.75 Å². The van der Waals surface area contributed by atoms with E-state index < -0.39 is 0 Å². The Labute approximate surface area is 79.0 Å². The third-order valence-electron chi connectivity index (χ3n) is 1.68. The largest absolute Gasteiger partial charge is 0.497 e. The second kappa shape index (κ2) is 4.37. The standard InChI is InChI=1S/C12H12O/c1-4-5-6-11-7-10(2)8-12(9-11)13-3/h1,5-9H,2-3H3/b6-5+. The lowest BCUT2D eigenvalue weighted by molar-refractivity contribution is 0.414. The van der Waals surface area contributed by atoms with Crippen LogP contribution in [0.1, 0.15) is 11.1 Å². The lowest BCUT2D eigenvalue weighted by Crippen LogP contribution is -1.85. The van der Waals surface area contributed by atoms with Crippen molar-refractivity contribution >= 4 is 6.08 Å². The summed E-state index contributed by atoms with van der Waals surface area (Å²) < 4.78 is 5.13. The molecule has 0 aliphatic heterocycles. The van der Waals surface area contributed by atoms with Gasteiger partial charge >= 0.3 is 0 Å². The molecule has 0 heterocycles. The van der Waals surface area contributed by atoms with E-state index in [4.69, 9.17) is 11.2 Å². The van der Waals surface area contributed by atoms with E-state index in [0.717, 1.165) is 16.9 Å². The van der Waals surface area contributed by atoms with Gasteiger partial charge in [-0.15, -0.1) is 6.42 Å². The van der Waals surface area contributed by atoms with Crippen LogP contribution < -0.4 is 4.74 Å². The molecular formula is C12H12O. The fraction of sp³-hybridized carbons (Fsp3) is 0.167. The molecule has 0 fully saturated rings. The van der Waals surface area contributed by atoms with Crippen LogP contribution in [-0.4, -0.2) is 7.11 Å². The Morgan fingerprint density at radius 1 is 1.38 bits per heavy atom. The first-order chi connectivity index (χ1) is 6.26. The molecule has 1 aromatic carbocycles. The monoisotopic (exact) mass is 172 g/mol. The van der Waals surface area contributed by atoms with E-state index in [0.29, 0.717) is 0 Å². The molecule has 0 spiro atoms. The van der Waals surface area contributed by atoms with Gasteiger partial charge in [-0.2, -0.15) is 0 Å². The number of aryl methyl sites for hydroxylation is 1. The first-order valence-corrected chi connectivity index (χ1v) is 4.04. The highest BCUT2D eigenvalue weighted by Gasteiger charge is 1.94. The van der Waals surface area contributed by atoms with Crippen molar-refractivity contribution in [2.75, 3.05) is 7.11 Å². The van der Waals surface area contributed by atoms with Gasteiger partial charge in [-0.05, 0) is 42.3 Å². The molecule has 0 N–H and O–H groups in total. The van der Waals surface area contributed by atoms with Crippen molar-refractivity contribution in [1.82, 2.24) is 0 Å². The Hall–Kier alpha value is -1.68. The molecule has 0 aliphatic rings.